The van der Waals surface area contributed by atoms with Crippen LogP contribution in [0.15, 0.2) is 18.2 Å². The third kappa shape index (κ3) is 4.68. The third-order valence-corrected chi connectivity index (χ3v) is 4.42. The SMILES string of the molecule is C#CCN1CCC(C(=O)NC(CO)c2ccc(Cl)c(F)c2)CC1. The topological polar surface area (TPSA) is 52.6 Å². The summed E-state index contributed by atoms with van der Waals surface area (Å²) in [6, 6.07) is 3.61. The van der Waals surface area contributed by atoms with Crippen molar-refractivity contribution in [2.45, 2.75) is 18.9 Å². The summed E-state index contributed by atoms with van der Waals surface area (Å²) in [5.41, 5.74) is 0.493. The number of carbonyl (C=O) groups excluding carboxylic acids is 1. The number of nitrogens with zero attached hydrogens (tertiary/aromatic N) is 1. The van der Waals surface area contributed by atoms with Crippen molar-refractivity contribution in [1.29, 1.82) is 0 Å². The molecule has 0 bridgehead atoms. The Kier molecular flexibility index (Phi) is 6.40. The molecule has 6 heteroatoms. The summed E-state index contributed by atoms with van der Waals surface area (Å²) in [5.74, 6) is 1.79. The average Bonchev–Trinajstić information content (AvgIpc) is 2.56. The molecule has 0 aliphatic carbocycles. The maximum Gasteiger partial charge on any atom is 0.223 e. The maximum absolute atomic E-state index is 13.5. The highest BCUT2D eigenvalue weighted by molar-refractivity contribution is 6.30. The Bertz CT molecular complexity index is 595. The summed E-state index contributed by atoms with van der Waals surface area (Å²) < 4.78 is 13.5. The normalized spacial score (nSPS) is 17.5. The van der Waals surface area contributed by atoms with Crippen LogP contribution in [0.5, 0.6) is 0 Å². The molecule has 4 nitrogen and oxygen atoms in total. The molecule has 1 heterocycles. The van der Waals surface area contributed by atoms with E-state index in [-0.39, 0.29) is 23.5 Å². The Morgan fingerprint density at radius 2 is 2.22 bits per heavy atom. The van der Waals surface area contributed by atoms with Gasteiger partial charge in [-0.1, -0.05) is 23.6 Å². The summed E-state index contributed by atoms with van der Waals surface area (Å²) in [7, 11) is 0. The smallest absolute Gasteiger partial charge is 0.223 e. The second kappa shape index (κ2) is 8.30. The van der Waals surface area contributed by atoms with Crippen LogP contribution < -0.4 is 5.32 Å². The highest BCUT2D eigenvalue weighted by Gasteiger charge is 2.26. The van der Waals surface area contributed by atoms with Crippen molar-refractivity contribution in [3.63, 3.8) is 0 Å². The van der Waals surface area contributed by atoms with Gasteiger partial charge in [0.05, 0.1) is 24.2 Å². The maximum atomic E-state index is 13.5. The number of carbonyl (C=O) groups is 1. The number of piperidine rings is 1. The van der Waals surface area contributed by atoms with Crippen LogP contribution >= 0.6 is 11.6 Å². The van der Waals surface area contributed by atoms with Crippen molar-refractivity contribution in [1.82, 2.24) is 10.2 Å². The van der Waals surface area contributed by atoms with Gasteiger partial charge in [-0.3, -0.25) is 9.69 Å². The number of nitrogens with one attached hydrogen (secondary N) is 1. The second-order valence-electron chi connectivity index (χ2n) is 5.67. The van der Waals surface area contributed by atoms with Gasteiger partial charge in [0.1, 0.15) is 5.82 Å². The van der Waals surface area contributed by atoms with Crippen molar-refractivity contribution in [2.75, 3.05) is 26.2 Å². The molecule has 1 fully saturated rings. The predicted molar refractivity (Wildman–Crippen MR) is 87.4 cm³/mol. The highest BCUT2D eigenvalue weighted by Crippen LogP contribution is 2.22. The molecule has 23 heavy (non-hydrogen) atoms. The van der Waals surface area contributed by atoms with Gasteiger partial charge in [0, 0.05) is 5.92 Å². The molecule has 0 saturated carbocycles. The van der Waals surface area contributed by atoms with Gasteiger partial charge < -0.3 is 10.4 Å². The summed E-state index contributed by atoms with van der Waals surface area (Å²) in [6.45, 7) is 1.85. The number of aliphatic hydroxyl groups excluding tert-OH is 1. The highest BCUT2D eigenvalue weighted by atomic mass is 35.5. The number of likely N-dealkylation sites (tertiary alicyclic amines) is 1. The molecule has 1 aliphatic heterocycles. The molecule has 2 N–H and O–H groups in total. The van der Waals surface area contributed by atoms with Gasteiger partial charge in [-0.05, 0) is 43.6 Å². The fourth-order valence-corrected chi connectivity index (χ4v) is 2.85. The molecule has 1 unspecified atom stereocenters. The minimum Gasteiger partial charge on any atom is -0.394 e. The molecule has 124 valence electrons. The zero-order valence-corrected chi connectivity index (χ0v) is 13.5. The van der Waals surface area contributed by atoms with E-state index < -0.39 is 11.9 Å². The van der Waals surface area contributed by atoms with Crippen molar-refractivity contribution < 1.29 is 14.3 Å². The van der Waals surface area contributed by atoms with Crippen LogP contribution in [0.3, 0.4) is 0 Å². The lowest BCUT2D eigenvalue weighted by Gasteiger charge is -2.30. The predicted octanol–water partition coefficient (Wildman–Crippen LogP) is 1.97. The molecule has 1 atom stereocenters. The van der Waals surface area contributed by atoms with Crippen LogP contribution in [0.25, 0.3) is 0 Å². The Morgan fingerprint density at radius 1 is 1.52 bits per heavy atom. The molecular formula is C17H20ClFN2O2. The fraction of sp³-hybridized carbons (Fsp3) is 0.471. The second-order valence-corrected chi connectivity index (χ2v) is 6.08. The number of benzene rings is 1. The fourth-order valence-electron chi connectivity index (χ4n) is 2.74. The lowest BCUT2D eigenvalue weighted by atomic mass is 9.95. The van der Waals surface area contributed by atoms with Crippen molar-refractivity contribution in [2.24, 2.45) is 5.92 Å². The van der Waals surface area contributed by atoms with Gasteiger partial charge in [0.25, 0.3) is 0 Å². The van der Waals surface area contributed by atoms with Crippen molar-refractivity contribution in [3.05, 3.63) is 34.6 Å². The molecule has 1 aliphatic rings. The molecule has 0 aromatic heterocycles. The Balaban J connectivity index is 1.95. The lowest BCUT2D eigenvalue weighted by molar-refractivity contribution is -0.127. The van der Waals surface area contributed by atoms with Crippen LogP contribution in [0.1, 0.15) is 24.4 Å². The first-order valence-corrected chi connectivity index (χ1v) is 7.95. The van der Waals surface area contributed by atoms with Gasteiger partial charge >= 0.3 is 0 Å². The number of halogens is 2. The quantitative estimate of drug-likeness (QED) is 0.807. The molecule has 0 radical (unpaired) electrons. The number of rotatable bonds is 5. The number of aliphatic hydroxyl groups is 1. The summed E-state index contributed by atoms with van der Waals surface area (Å²) in [5, 5.41) is 12.3. The molecule has 1 saturated heterocycles. The van der Waals surface area contributed by atoms with Crippen LogP contribution in [0.4, 0.5) is 4.39 Å². The Morgan fingerprint density at radius 3 is 2.78 bits per heavy atom. The van der Waals surface area contributed by atoms with E-state index in [9.17, 15) is 14.3 Å². The van der Waals surface area contributed by atoms with E-state index in [1.54, 1.807) is 6.07 Å². The van der Waals surface area contributed by atoms with Crippen molar-refractivity contribution in [3.8, 4) is 12.3 Å². The first-order chi connectivity index (χ1) is 11.0. The van der Waals surface area contributed by atoms with Gasteiger partial charge in [0.2, 0.25) is 5.91 Å². The molecule has 1 amide bonds. The van der Waals surface area contributed by atoms with Crippen LogP contribution in [0.2, 0.25) is 5.02 Å². The molecule has 0 spiro atoms. The van der Waals surface area contributed by atoms with E-state index in [1.165, 1.54) is 12.1 Å². The molecular weight excluding hydrogens is 319 g/mol. The third-order valence-electron chi connectivity index (χ3n) is 4.12. The van der Waals surface area contributed by atoms with E-state index in [4.69, 9.17) is 18.0 Å². The van der Waals surface area contributed by atoms with Crippen LogP contribution in [-0.4, -0.2) is 42.2 Å². The zero-order chi connectivity index (χ0) is 16.8. The molecule has 1 aromatic carbocycles. The van der Waals surface area contributed by atoms with Crippen LogP contribution in [0, 0.1) is 24.1 Å². The zero-order valence-electron chi connectivity index (χ0n) is 12.8. The minimum absolute atomic E-state index is 0.0117. The molecule has 2 rings (SSSR count). The van der Waals surface area contributed by atoms with E-state index in [0.717, 1.165) is 25.9 Å². The van der Waals surface area contributed by atoms with Gasteiger partial charge in [-0.25, -0.2) is 4.39 Å². The minimum atomic E-state index is -0.641. The standard InChI is InChI=1S/C17H20ClFN2O2/c1-2-7-21-8-5-12(6-9-21)17(23)20-16(11-22)13-3-4-14(18)15(19)10-13/h1,3-4,10,12,16,22H,5-9,11H2,(H,20,23). The van der Waals surface area contributed by atoms with Crippen molar-refractivity contribution >= 4 is 17.5 Å². The largest absolute Gasteiger partial charge is 0.394 e. The average molecular weight is 339 g/mol. The van der Waals surface area contributed by atoms with E-state index >= 15 is 0 Å². The first-order valence-electron chi connectivity index (χ1n) is 7.57. The van der Waals surface area contributed by atoms with E-state index in [2.05, 4.69) is 16.1 Å². The van der Waals surface area contributed by atoms with Crippen LogP contribution in [-0.2, 0) is 4.79 Å². The Hall–Kier alpha value is -1.61. The first kappa shape index (κ1) is 17.7. The number of hydrogen-bond acceptors (Lipinski definition) is 3. The number of amides is 1. The van der Waals surface area contributed by atoms with E-state index in [1.807, 2.05) is 0 Å². The Labute approximate surface area is 140 Å². The molecule has 1 aromatic rings. The lowest BCUT2D eigenvalue weighted by Crippen LogP contribution is -2.42. The van der Waals surface area contributed by atoms with E-state index in [0.29, 0.717) is 12.1 Å². The summed E-state index contributed by atoms with van der Waals surface area (Å²) >= 11 is 5.65. The monoisotopic (exact) mass is 338 g/mol. The van der Waals surface area contributed by atoms with Gasteiger partial charge in [-0.2, -0.15) is 0 Å². The number of hydrogen-bond donors (Lipinski definition) is 2. The van der Waals surface area contributed by atoms with Gasteiger partial charge in [0.15, 0.2) is 0 Å². The summed E-state index contributed by atoms with van der Waals surface area (Å²) in [4.78, 5) is 14.5. The number of terminal acetylenes is 1. The summed E-state index contributed by atoms with van der Waals surface area (Å²) in [6.07, 6.45) is 6.73. The van der Waals surface area contributed by atoms with Gasteiger partial charge in [-0.15, -0.1) is 6.42 Å².